The second kappa shape index (κ2) is 5.67. The first-order chi connectivity index (χ1) is 11.3. The molecule has 1 aromatic carbocycles. The van der Waals surface area contributed by atoms with Crippen molar-refractivity contribution in [1.82, 2.24) is 9.21 Å². The minimum Gasteiger partial charge on any atom is -0.530 e. The van der Waals surface area contributed by atoms with E-state index in [1.54, 1.807) is 18.2 Å². The van der Waals surface area contributed by atoms with Gasteiger partial charge in [0.05, 0.1) is 4.90 Å². The van der Waals surface area contributed by atoms with Crippen LogP contribution in [0.5, 0.6) is 0 Å². The van der Waals surface area contributed by atoms with Crippen LogP contribution in [0, 0.1) is 5.41 Å². The summed E-state index contributed by atoms with van der Waals surface area (Å²) in [7, 11) is -3.86. The van der Waals surface area contributed by atoms with Gasteiger partial charge in [0, 0.05) is 26.1 Å². The summed E-state index contributed by atoms with van der Waals surface area (Å²) in [6.07, 6.45) is -1.83. The molecular weight excluding hydrogens is 336 g/mol. The van der Waals surface area contributed by atoms with Crippen molar-refractivity contribution in [3.8, 4) is 0 Å². The molecule has 1 unspecified atom stereocenters. The standard InChI is InChI=1S/C15H16N2O6S/c18-12-6-8-16(24(22,23)11-4-2-1-3-5-11)10-15(12)7-9-17(13(15)19)14(20)21/h1-5H,6-10H2,(H,20,21)/p-1. The molecule has 2 aliphatic rings. The Labute approximate surface area is 138 Å². The van der Waals surface area contributed by atoms with E-state index in [2.05, 4.69) is 0 Å². The van der Waals surface area contributed by atoms with Gasteiger partial charge in [-0.1, -0.05) is 18.2 Å². The van der Waals surface area contributed by atoms with Gasteiger partial charge in [0.2, 0.25) is 15.9 Å². The van der Waals surface area contributed by atoms with Crippen molar-refractivity contribution in [2.45, 2.75) is 17.7 Å². The van der Waals surface area contributed by atoms with E-state index in [1.807, 2.05) is 0 Å². The number of nitrogens with zero attached hydrogens (tertiary/aromatic N) is 2. The van der Waals surface area contributed by atoms with E-state index in [1.165, 1.54) is 12.1 Å². The molecular formula is C15H15N2O6S-. The highest BCUT2D eigenvalue weighted by molar-refractivity contribution is 7.89. The molecule has 9 heteroatoms. The summed E-state index contributed by atoms with van der Waals surface area (Å²) in [5.41, 5.74) is -1.62. The molecule has 1 spiro atoms. The number of ketones is 1. The second-order valence-corrected chi connectivity index (χ2v) is 7.82. The third-order valence-electron chi connectivity index (χ3n) is 4.59. The Balaban J connectivity index is 1.94. The van der Waals surface area contributed by atoms with Crippen LogP contribution in [0.4, 0.5) is 4.79 Å². The smallest absolute Gasteiger partial charge is 0.243 e. The quantitative estimate of drug-likeness (QED) is 0.645. The molecule has 2 saturated heterocycles. The van der Waals surface area contributed by atoms with Crippen molar-refractivity contribution < 1.29 is 27.9 Å². The molecule has 0 bridgehead atoms. The Bertz CT molecular complexity index is 807. The third-order valence-corrected chi connectivity index (χ3v) is 6.45. The van der Waals surface area contributed by atoms with Crippen LogP contribution in [0.3, 0.4) is 0 Å². The van der Waals surface area contributed by atoms with E-state index in [0.717, 1.165) is 4.31 Å². The van der Waals surface area contributed by atoms with E-state index < -0.39 is 33.2 Å². The maximum absolute atomic E-state index is 12.7. The van der Waals surface area contributed by atoms with Crippen LogP contribution < -0.4 is 5.11 Å². The first-order valence-corrected chi connectivity index (χ1v) is 8.84. The minimum atomic E-state index is -3.86. The lowest BCUT2D eigenvalue weighted by Gasteiger charge is -2.36. The Morgan fingerprint density at radius 1 is 1.12 bits per heavy atom. The predicted molar refractivity (Wildman–Crippen MR) is 79.0 cm³/mol. The van der Waals surface area contributed by atoms with Crippen LogP contribution in [-0.2, 0) is 19.6 Å². The summed E-state index contributed by atoms with van der Waals surface area (Å²) >= 11 is 0. The number of amides is 2. The molecule has 3 rings (SSSR count). The Hall–Kier alpha value is -2.26. The number of hydrogen-bond donors (Lipinski definition) is 0. The van der Waals surface area contributed by atoms with Crippen LogP contribution in [0.2, 0.25) is 0 Å². The van der Waals surface area contributed by atoms with Gasteiger partial charge in [-0.15, -0.1) is 0 Å². The van der Waals surface area contributed by atoms with Crippen molar-refractivity contribution in [2.24, 2.45) is 5.41 Å². The first-order valence-electron chi connectivity index (χ1n) is 7.40. The number of imide groups is 1. The number of Topliss-reactive ketones (excluding diaryl/α,β-unsaturated/α-hetero) is 1. The fourth-order valence-corrected chi connectivity index (χ4v) is 4.75. The highest BCUT2D eigenvalue weighted by atomic mass is 32.2. The number of carbonyl (C=O) groups excluding carboxylic acids is 3. The number of hydrogen-bond acceptors (Lipinski definition) is 6. The monoisotopic (exact) mass is 351 g/mol. The topological polar surface area (TPSA) is 115 Å². The highest BCUT2D eigenvalue weighted by Crippen LogP contribution is 2.39. The van der Waals surface area contributed by atoms with Gasteiger partial charge in [-0.3, -0.25) is 14.5 Å². The van der Waals surface area contributed by atoms with Crippen LogP contribution in [0.1, 0.15) is 12.8 Å². The van der Waals surface area contributed by atoms with Gasteiger partial charge in [0.15, 0.2) is 5.78 Å². The maximum atomic E-state index is 12.7. The fourth-order valence-electron chi connectivity index (χ4n) is 3.23. The van der Waals surface area contributed by atoms with E-state index in [4.69, 9.17) is 0 Å². The molecule has 8 nitrogen and oxygen atoms in total. The largest absolute Gasteiger partial charge is 0.530 e. The number of likely N-dealkylation sites (tertiary alicyclic amines) is 1. The molecule has 0 aromatic heterocycles. The molecule has 0 radical (unpaired) electrons. The molecule has 2 fully saturated rings. The number of carbonyl (C=O) groups is 3. The Morgan fingerprint density at radius 2 is 1.79 bits per heavy atom. The molecule has 0 aliphatic carbocycles. The average Bonchev–Trinajstić information content (AvgIpc) is 2.88. The fraction of sp³-hybridized carbons (Fsp3) is 0.400. The Kier molecular flexibility index (Phi) is 3.92. The van der Waals surface area contributed by atoms with Gasteiger partial charge < -0.3 is 9.90 Å². The second-order valence-electron chi connectivity index (χ2n) is 5.88. The van der Waals surface area contributed by atoms with Gasteiger partial charge in [0.25, 0.3) is 0 Å². The van der Waals surface area contributed by atoms with Gasteiger partial charge in [-0.05, 0) is 18.6 Å². The van der Waals surface area contributed by atoms with Gasteiger partial charge in [-0.25, -0.2) is 8.42 Å². The summed E-state index contributed by atoms with van der Waals surface area (Å²) in [6, 6.07) is 7.70. The summed E-state index contributed by atoms with van der Waals surface area (Å²) in [5, 5.41) is 11.0. The first kappa shape index (κ1) is 16.6. The summed E-state index contributed by atoms with van der Waals surface area (Å²) in [5.74, 6) is -1.31. The van der Waals surface area contributed by atoms with Gasteiger partial charge in [0.1, 0.15) is 11.5 Å². The minimum absolute atomic E-state index is 0.0283. The van der Waals surface area contributed by atoms with E-state index >= 15 is 0 Å². The van der Waals surface area contributed by atoms with Gasteiger partial charge in [-0.2, -0.15) is 4.31 Å². The van der Waals surface area contributed by atoms with Crippen LogP contribution >= 0.6 is 0 Å². The number of benzene rings is 1. The molecule has 1 atom stereocenters. The molecule has 1 aromatic rings. The van der Waals surface area contributed by atoms with Crippen LogP contribution in [0.25, 0.3) is 0 Å². The highest BCUT2D eigenvalue weighted by Gasteiger charge is 2.56. The van der Waals surface area contributed by atoms with Gasteiger partial charge >= 0.3 is 0 Å². The van der Waals surface area contributed by atoms with E-state index in [9.17, 15) is 27.9 Å². The molecule has 2 amide bonds. The number of rotatable bonds is 2. The van der Waals surface area contributed by atoms with Crippen molar-refractivity contribution in [2.75, 3.05) is 19.6 Å². The number of sulfonamides is 1. The number of piperidine rings is 1. The van der Waals surface area contributed by atoms with E-state index in [0.29, 0.717) is 4.90 Å². The molecule has 2 aliphatic heterocycles. The molecule has 128 valence electrons. The molecule has 0 N–H and O–H groups in total. The van der Waals surface area contributed by atoms with Crippen LogP contribution in [-0.4, -0.2) is 55.0 Å². The zero-order chi connectivity index (χ0) is 17.5. The Morgan fingerprint density at radius 3 is 2.38 bits per heavy atom. The van der Waals surface area contributed by atoms with Crippen LogP contribution in [0.15, 0.2) is 35.2 Å². The molecule has 2 heterocycles. The summed E-state index contributed by atoms with van der Waals surface area (Å²) in [4.78, 5) is 36.3. The maximum Gasteiger partial charge on any atom is 0.243 e. The number of carboxylic acid groups (broad SMARTS) is 1. The van der Waals surface area contributed by atoms with Crippen molar-refractivity contribution >= 4 is 27.8 Å². The normalized spacial score (nSPS) is 25.4. The lowest BCUT2D eigenvalue weighted by atomic mass is 9.78. The summed E-state index contributed by atoms with van der Waals surface area (Å²) in [6.45, 7) is -0.534. The zero-order valence-corrected chi connectivity index (χ0v) is 13.5. The molecule has 0 saturated carbocycles. The SMILES string of the molecule is O=C([O-])N1CCC2(CN(S(=O)(=O)c3ccccc3)CCC2=O)C1=O. The summed E-state index contributed by atoms with van der Waals surface area (Å²) < 4.78 is 26.5. The lowest BCUT2D eigenvalue weighted by molar-refractivity contribution is -0.263. The third kappa shape index (κ3) is 2.40. The zero-order valence-electron chi connectivity index (χ0n) is 12.7. The van der Waals surface area contributed by atoms with E-state index in [-0.39, 0.29) is 37.4 Å². The molecule has 24 heavy (non-hydrogen) atoms. The average molecular weight is 351 g/mol. The van der Waals surface area contributed by atoms with Crippen molar-refractivity contribution in [1.29, 1.82) is 0 Å². The lowest BCUT2D eigenvalue weighted by Crippen LogP contribution is -2.56. The van der Waals surface area contributed by atoms with Crippen molar-refractivity contribution in [3.63, 3.8) is 0 Å². The van der Waals surface area contributed by atoms with Crippen molar-refractivity contribution in [3.05, 3.63) is 30.3 Å². The predicted octanol–water partition coefficient (Wildman–Crippen LogP) is -0.788.